The van der Waals surface area contributed by atoms with Crippen LogP contribution in [0.3, 0.4) is 0 Å². The third-order valence-electron chi connectivity index (χ3n) is 2.41. The van der Waals surface area contributed by atoms with Crippen LogP contribution < -0.4 is 5.32 Å². The van der Waals surface area contributed by atoms with Crippen molar-refractivity contribution in [3.8, 4) is 0 Å². The summed E-state index contributed by atoms with van der Waals surface area (Å²) in [6, 6.07) is 3.43. The molecule has 1 aromatic carbocycles. The van der Waals surface area contributed by atoms with Crippen molar-refractivity contribution in [3.63, 3.8) is 0 Å². The molecule has 2 aromatic rings. The molecule has 1 aromatic heterocycles. The molecular formula is C11H7FN4O5. The number of anilines is 1. The maximum Gasteiger partial charge on any atom is 0.353 e. The summed E-state index contributed by atoms with van der Waals surface area (Å²) in [5.41, 5.74) is -1.12. The van der Waals surface area contributed by atoms with Gasteiger partial charge >= 0.3 is 5.97 Å². The van der Waals surface area contributed by atoms with Crippen LogP contribution in [0.2, 0.25) is 0 Å². The summed E-state index contributed by atoms with van der Waals surface area (Å²) in [7, 11) is 0. The van der Waals surface area contributed by atoms with Crippen LogP contribution >= 0.6 is 0 Å². The number of rotatable bonds is 4. The number of carboxylic acid groups (broad SMARTS) is 1. The van der Waals surface area contributed by atoms with E-state index in [0.717, 1.165) is 18.2 Å². The van der Waals surface area contributed by atoms with Gasteiger partial charge in [-0.2, -0.15) is 5.10 Å². The smallest absolute Gasteiger partial charge is 0.353 e. The highest BCUT2D eigenvalue weighted by Crippen LogP contribution is 2.17. The van der Waals surface area contributed by atoms with Crippen molar-refractivity contribution < 1.29 is 24.0 Å². The van der Waals surface area contributed by atoms with Gasteiger partial charge in [0.2, 0.25) is 0 Å². The lowest BCUT2D eigenvalue weighted by Gasteiger charge is -2.02. The number of non-ortho nitro benzene ring substituents is 1. The normalized spacial score (nSPS) is 10.1. The minimum Gasteiger partial charge on any atom is -0.477 e. The molecule has 10 heteroatoms. The maximum atomic E-state index is 13.2. The average molecular weight is 294 g/mol. The van der Waals surface area contributed by atoms with Gasteiger partial charge in [-0.25, -0.2) is 9.18 Å². The lowest BCUT2D eigenvalue weighted by Crippen LogP contribution is -2.13. The molecule has 3 N–H and O–H groups in total. The Labute approximate surface area is 115 Å². The maximum absolute atomic E-state index is 13.2. The highest BCUT2D eigenvalue weighted by molar-refractivity contribution is 6.04. The number of carbonyl (C=O) groups excluding carboxylic acids is 1. The van der Waals surface area contributed by atoms with E-state index in [2.05, 4.69) is 15.5 Å². The molecule has 21 heavy (non-hydrogen) atoms. The van der Waals surface area contributed by atoms with E-state index in [1.807, 2.05) is 0 Å². The van der Waals surface area contributed by atoms with Gasteiger partial charge in [0.05, 0.1) is 11.0 Å². The van der Waals surface area contributed by atoms with Crippen molar-refractivity contribution >= 4 is 23.4 Å². The highest BCUT2D eigenvalue weighted by Gasteiger charge is 2.16. The fraction of sp³-hybridized carbons (Fsp3) is 0. The first-order valence-electron chi connectivity index (χ1n) is 5.42. The van der Waals surface area contributed by atoms with Crippen LogP contribution in [0.15, 0.2) is 24.3 Å². The molecule has 0 fully saturated rings. The molecule has 0 unspecified atom stereocenters. The van der Waals surface area contributed by atoms with Crippen molar-refractivity contribution in [1.82, 2.24) is 10.2 Å². The number of nitrogens with zero attached hydrogens (tertiary/aromatic N) is 2. The van der Waals surface area contributed by atoms with Crippen molar-refractivity contribution in [2.24, 2.45) is 0 Å². The Balaban J connectivity index is 2.23. The highest BCUT2D eigenvalue weighted by atomic mass is 19.1. The Kier molecular flexibility index (Phi) is 3.61. The molecule has 0 radical (unpaired) electrons. The molecule has 0 aliphatic rings. The van der Waals surface area contributed by atoms with Gasteiger partial charge in [0.15, 0.2) is 5.82 Å². The number of carboxylic acids is 1. The number of amides is 1. The molecule has 0 saturated heterocycles. The standard InChI is InChI=1S/C11H7FN4O5/c12-6-1-5(2-7(3-6)16(20)21)10(17)13-9-4-8(11(18)19)14-15-9/h1-4H,(H,18,19)(H2,13,14,15,17). The summed E-state index contributed by atoms with van der Waals surface area (Å²) in [6.07, 6.45) is 0. The molecular weight excluding hydrogens is 287 g/mol. The number of hydrogen-bond donors (Lipinski definition) is 3. The Morgan fingerprint density at radius 1 is 1.33 bits per heavy atom. The van der Waals surface area contributed by atoms with Crippen LogP contribution in [0.25, 0.3) is 0 Å². The fourth-order valence-electron chi connectivity index (χ4n) is 1.49. The van der Waals surface area contributed by atoms with Gasteiger partial charge in [-0.1, -0.05) is 0 Å². The lowest BCUT2D eigenvalue weighted by atomic mass is 10.2. The van der Waals surface area contributed by atoms with Gasteiger partial charge in [0.25, 0.3) is 11.6 Å². The fourth-order valence-corrected chi connectivity index (χ4v) is 1.49. The zero-order valence-corrected chi connectivity index (χ0v) is 10.2. The van der Waals surface area contributed by atoms with Gasteiger partial charge in [-0.15, -0.1) is 0 Å². The number of nitrogens with one attached hydrogen (secondary N) is 2. The molecule has 9 nitrogen and oxygen atoms in total. The zero-order valence-electron chi connectivity index (χ0n) is 10.2. The molecule has 0 atom stereocenters. The molecule has 108 valence electrons. The van der Waals surface area contributed by atoms with Crippen LogP contribution in [0.4, 0.5) is 15.9 Å². The minimum atomic E-state index is -1.27. The summed E-state index contributed by atoms with van der Waals surface area (Å²) in [5, 5.41) is 27.1. The predicted octanol–water partition coefficient (Wildman–Crippen LogP) is 1.41. The molecule has 0 aliphatic carbocycles. The Morgan fingerprint density at radius 2 is 2.05 bits per heavy atom. The number of aromatic nitrogens is 2. The summed E-state index contributed by atoms with van der Waals surface area (Å²) >= 11 is 0. The molecule has 1 heterocycles. The number of H-pyrrole nitrogens is 1. The molecule has 0 aliphatic heterocycles. The van der Waals surface area contributed by atoms with Crippen molar-refractivity contribution in [2.45, 2.75) is 0 Å². The van der Waals surface area contributed by atoms with E-state index in [9.17, 15) is 24.1 Å². The monoisotopic (exact) mass is 294 g/mol. The molecule has 0 saturated carbocycles. The van der Waals surface area contributed by atoms with Gasteiger partial charge in [-0.3, -0.25) is 20.0 Å². The number of aromatic carboxylic acids is 1. The molecule has 0 bridgehead atoms. The second kappa shape index (κ2) is 5.36. The number of halogens is 1. The van der Waals surface area contributed by atoms with Crippen LogP contribution in [0, 0.1) is 15.9 Å². The van der Waals surface area contributed by atoms with E-state index < -0.39 is 28.3 Å². The van der Waals surface area contributed by atoms with Crippen molar-refractivity contribution in [3.05, 3.63) is 51.5 Å². The SMILES string of the molecule is O=C(Nc1cc(C(=O)O)[nH]n1)c1cc(F)cc([N+](=O)[O-])c1. The average Bonchev–Trinajstić information content (AvgIpc) is 2.86. The number of nitro benzene ring substituents is 1. The van der Waals surface area contributed by atoms with Crippen LogP contribution in [0.5, 0.6) is 0 Å². The Bertz CT molecular complexity index is 742. The summed E-state index contributed by atoms with van der Waals surface area (Å²) in [4.78, 5) is 32.2. The minimum absolute atomic E-state index is 0.107. The third-order valence-corrected chi connectivity index (χ3v) is 2.41. The topological polar surface area (TPSA) is 138 Å². The van der Waals surface area contributed by atoms with Gasteiger partial charge in [-0.05, 0) is 6.07 Å². The first-order chi connectivity index (χ1) is 9.86. The van der Waals surface area contributed by atoms with Crippen LogP contribution in [-0.2, 0) is 0 Å². The quantitative estimate of drug-likeness (QED) is 0.575. The Hall–Kier alpha value is -3.30. The third kappa shape index (κ3) is 3.18. The largest absolute Gasteiger partial charge is 0.477 e. The van der Waals surface area contributed by atoms with E-state index in [1.165, 1.54) is 0 Å². The molecule has 2 rings (SSSR count). The Morgan fingerprint density at radius 3 is 2.62 bits per heavy atom. The number of nitro groups is 1. The van der Waals surface area contributed by atoms with Crippen LogP contribution in [-0.4, -0.2) is 32.1 Å². The molecule has 1 amide bonds. The summed E-state index contributed by atoms with van der Waals surface area (Å²) in [6.45, 7) is 0. The second-order valence-electron chi connectivity index (χ2n) is 3.88. The summed E-state index contributed by atoms with van der Waals surface area (Å²) < 4.78 is 13.2. The van der Waals surface area contributed by atoms with Gasteiger partial charge in [0, 0.05) is 17.7 Å². The number of benzene rings is 1. The van der Waals surface area contributed by atoms with Gasteiger partial charge < -0.3 is 10.4 Å². The van der Waals surface area contributed by atoms with Crippen molar-refractivity contribution in [2.75, 3.05) is 5.32 Å². The van der Waals surface area contributed by atoms with E-state index in [-0.39, 0.29) is 17.1 Å². The summed E-state index contributed by atoms with van der Waals surface area (Å²) in [5.74, 6) is -3.18. The predicted molar refractivity (Wildman–Crippen MR) is 66.6 cm³/mol. The van der Waals surface area contributed by atoms with Crippen LogP contribution in [0.1, 0.15) is 20.8 Å². The molecule has 0 spiro atoms. The first kappa shape index (κ1) is 14.1. The van der Waals surface area contributed by atoms with Crippen molar-refractivity contribution in [1.29, 1.82) is 0 Å². The van der Waals surface area contributed by atoms with Gasteiger partial charge in [0.1, 0.15) is 11.5 Å². The van der Waals surface area contributed by atoms with E-state index in [4.69, 9.17) is 5.11 Å². The number of aromatic amines is 1. The van der Waals surface area contributed by atoms with E-state index >= 15 is 0 Å². The van der Waals surface area contributed by atoms with E-state index in [0.29, 0.717) is 6.07 Å². The number of carbonyl (C=O) groups is 2. The number of hydrogen-bond acceptors (Lipinski definition) is 5. The lowest BCUT2D eigenvalue weighted by molar-refractivity contribution is -0.385. The second-order valence-corrected chi connectivity index (χ2v) is 3.88. The zero-order chi connectivity index (χ0) is 15.6. The van der Waals surface area contributed by atoms with E-state index in [1.54, 1.807) is 0 Å². The first-order valence-corrected chi connectivity index (χ1v) is 5.42.